The summed E-state index contributed by atoms with van der Waals surface area (Å²) in [4.78, 5) is 8.72. The summed E-state index contributed by atoms with van der Waals surface area (Å²) in [5.74, 6) is 1.94. The van der Waals surface area contributed by atoms with Crippen LogP contribution in [0.5, 0.6) is 5.88 Å². The normalized spacial score (nSPS) is 26.2. The molecule has 2 atom stereocenters. The lowest BCUT2D eigenvalue weighted by Crippen LogP contribution is -2.49. The van der Waals surface area contributed by atoms with Crippen molar-refractivity contribution in [1.82, 2.24) is 9.97 Å². The maximum Gasteiger partial charge on any atom is 0.226 e. The number of nitrogens with zero attached hydrogens (tertiary/aromatic N) is 2. The van der Waals surface area contributed by atoms with Crippen LogP contribution in [0.1, 0.15) is 46.0 Å². The molecule has 1 aliphatic rings. The van der Waals surface area contributed by atoms with Crippen molar-refractivity contribution in [3.05, 3.63) is 12.3 Å². The summed E-state index contributed by atoms with van der Waals surface area (Å²) < 4.78 is 5.55. The van der Waals surface area contributed by atoms with Crippen LogP contribution < -0.4 is 15.8 Å². The minimum atomic E-state index is -0.0684. The standard InChI is InChI=1S/C15H26N4O/c1-3-9-20-13-6-8-17-14(18-13)19-15(11-16)7-4-5-12(2)10-15/h6,8,12H,3-5,7,9-11,16H2,1-2H3,(H,17,18,19). The van der Waals surface area contributed by atoms with Gasteiger partial charge in [-0.25, -0.2) is 4.98 Å². The van der Waals surface area contributed by atoms with E-state index in [1.165, 1.54) is 12.8 Å². The van der Waals surface area contributed by atoms with Gasteiger partial charge in [-0.1, -0.05) is 26.7 Å². The minimum absolute atomic E-state index is 0.0684. The van der Waals surface area contributed by atoms with Crippen LogP contribution in [0.3, 0.4) is 0 Å². The van der Waals surface area contributed by atoms with E-state index >= 15 is 0 Å². The van der Waals surface area contributed by atoms with Crippen LogP contribution in [0.15, 0.2) is 12.3 Å². The number of aromatic nitrogens is 2. The van der Waals surface area contributed by atoms with Gasteiger partial charge in [0.2, 0.25) is 11.8 Å². The van der Waals surface area contributed by atoms with Crippen molar-refractivity contribution < 1.29 is 4.74 Å². The molecule has 1 saturated carbocycles. The van der Waals surface area contributed by atoms with Crippen LogP contribution in [-0.2, 0) is 0 Å². The van der Waals surface area contributed by atoms with Crippen LogP contribution in [0.4, 0.5) is 5.95 Å². The van der Waals surface area contributed by atoms with Crippen LogP contribution in [-0.4, -0.2) is 28.7 Å². The Balaban J connectivity index is 2.07. The van der Waals surface area contributed by atoms with Crippen molar-refractivity contribution >= 4 is 5.95 Å². The molecule has 0 aliphatic heterocycles. The van der Waals surface area contributed by atoms with Crippen molar-refractivity contribution in [1.29, 1.82) is 0 Å². The third kappa shape index (κ3) is 3.82. The fraction of sp³-hybridized carbons (Fsp3) is 0.733. The molecule has 112 valence electrons. The Morgan fingerprint density at radius 1 is 1.55 bits per heavy atom. The lowest BCUT2D eigenvalue weighted by molar-refractivity contribution is 0.262. The Hall–Kier alpha value is -1.36. The monoisotopic (exact) mass is 278 g/mol. The van der Waals surface area contributed by atoms with Gasteiger partial charge in [0, 0.05) is 18.8 Å². The lowest BCUT2D eigenvalue weighted by Gasteiger charge is -2.39. The molecule has 0 aromatic carbocycles. The highest BCUT2D eigenvalue weighted by Gasteiger charge is 2.34. The molecule has 0 radical (unpaired) electrons. The predicted molar refractivity (Wildman–Crippen MR) is 80.9 cm³/mol. The molecule has 5 nitrogen and oxygen atoms in total. The van der Waals surface area contributed by atoms with Gasteiger partial charge < -0.3 is 15.8 Å². The summed E-state index contributed by atoms with van der Waals surface area (Å²) in [7, 11) is 0. The largest absolute Gasteiger partial charge is 0.478 e. The van der Waals surface area contributed by atoms with E-state index in [1.54, 1.807) is 12.3 Å². The van der Waals surface area contributed by atoms with Gasteiger partial charge in [-0.3, -0.25) is 0 Å². The van der Waals surface area contributed by atoms with Crippen molar-refractivity contribution in [2.24, 2.45) is 11.7 Å². The molecule has 0 amide bonds. The zero-order valence-electron chi connectivity index (χ0n) is 12.6. The third-order valence-corrected chi connectivity index (χ3v) is 3.94. The summed E-state index contributed by atoms with van der Waals surface area (Å²) in [6.07, 6.45) is 7.35. The predicted octanol–water partition coefficient (Wildman–Crippen LogP) is 2.58. The zero-order chi connectivity index (χ0) is 14.4. The molecule has 20 heavy (non-hydrogen) atoms. The van der Waals surface area contributed by atoms with E-state index in [2.05, 4.69) is 29.1 Å². The first-order valence-corrected chi connectivity index (χ1v) is 7.61. The first-order valence-electron chi connectivity index (χ1n) is 7.61. The Labute approximate surface area is 121 Å². The van der Waals surface area contributed by atoms with Gasteiger partial charge in [-0.05, 0) is 25.2 Å². The third-order valence-electron chi connectivity index (χ3n) is 3.94. The number of ether oxygens (including phenoxy) is 1. The highest BCUT2D eigenvalue weighted by molar-refractivity contribution is 5.32. The number of hydrogen-bond acceptors (Lipinski definition) is 5. The van der Waals surface area contributed by atoms with Crippen molar-refractivity contribution in [3.63, 3.8) is 0 Å². The molecular weight excluding hydrogens is 252 g/mol. The van der Waals surface area contributed by atoms with E-state index in [-0.39, 0.29) is 5.54 Å². The molecular formula is C15H26N4O. The first kappa shape index (κ1) is 15.0. The van der Waals surface area contributed by atoms with E-state index in [1.807, 2.05) is 0 Å². The molecule has 0 bridgehead atoms. The maximum absolute atomic E-state index is 6.02. The Morgan fingerprint density at radius 3 is 3.10 bits per heavy atom. The SMILES string of the molecule is CCCOc1ccnc(NC2(CN)CCCC(C)C2)n1. The second-order valence-electron chi connectivity index (χ2n) is 5.88. The van der Waals surface area contributed by atoms with Crippen LogP contribution >= 0.6 is 0 Å². The maximum atomic E-state index is 6.02. The molecule has 2 unspecified atom stereocenters. The van der Waals surface area contributed by atoms with Gasteiger partial charge in [0.15, 0.2) is 0 Å². The quantitative estimate of drug-likeness (QED) is 0.836. The van der Waals surface area contributed by atoms with Gasteiger partial charge in [-0.2, -0.15) is 4.98 Å². The minimum Gasteiger partial charge on any atom is -0.478 e. The molecule has 5 heteroatoms. The summed E-state index contributed by atoms with van der Waals surface area (Å²) in [5.41, 5.74) is 5.95. The summed E-state index contributed by atoms with van der Waals surface area (Å²) in [6, 6.07) is 1.79. The smallest absolute Gasteiger partial charge is 0.226 e. The Morgan fingerprint density at radius 2 is 2.40 bits per heavy atom. The van der Waals surface area contributed by atoms with Gasteiger partial charge in [-0.15, -0.1) is 0 Å². The molecule has 0 spiro atoms. The Kier molecular flexibility index (Phi) is 5.17. The van der Waals surface area contributed by atoms with Crippen molar-refractivity contribution in [2.45, 2.75) is 51.5 Å². The fourth-order valence-corrected chi connectivity index (χ4v) is 2.94. The van der Waals surface area contributed by atoms with E-state index in [0.29, 0.717) is 30.9 Å². The van der Waals surface area contributed by atoms with Gasteiger partial charge in [0.1, 0.15) is 0 Å². The molecule has 1 fully saturated rings. The highest BCUT2D eigenvalue weighted by atomic mass is 16.5. The Bertz CT molecular complexity index is 426. The average molecular weight is 278 g/mol. The number of nitrogens with two attached hydrogens (primary N) is 1. The van der Waals surface area contributed by atoms with Gasteiger partial charge in [0.05, 0.1) is 12.1 Å². The number of hydrogen-bond donors (Lipinski definition) is 2. The molecule has 3 N–H and O–H groups in total. The summed E-state index contributed by atoms with van der Waals surface area (Å²) in [6.45, 7) is 5.65. The molecule has 2 rings (SSSR count). The van der Waals surface area contributed by atoms with E-state index < -0.39 is 0 Å². The van der Waals surface area contributed by atoms with Crippen molar-refractivity contribution in [3.8, 4) is 5.88 Å². The number of rotatable bonds is 6. The van der Waals surface area contributed by atoms with E-state index in [4.69, 9.17) is 10.5 Å². The second-order valence-corrected chi connectivity index (χ2v) is 5.88. The average Bonchev–Trinajstić information content (AvgIpc) is 2.45. The molecule has 1 heterocycles. The molecule has 0 saturated heterocycles. The lowest BCUT2D eigenvalue weighted by atomic mass is 9.76. The molecule has 1 aromatic rings. The molecule has 1 aromatic heterocycles. The number of nitrogens with one attached hydrogen (secondary N) is 1. The first-order chi connectivity index (χ1) is 9.67. The summed E-state index contributed by atoms with van der Waals surface area (Å²) in [5, 5.41) is 3.46. The second kappa shape index (κ2) is 6.88. The van der Waals surface area contributed by atoms with E-state index in [0.717, 1.165) is 19.3 Å². The number of anilines is 1. The topological polar surface area (TPSA) is 73.1 Å². The van der Waals surface area contributed by atoms with Crippen LogP contribution in [0, 0.1) is 5.92 Å². The van der Waals surface area contributed by atoms with Crippen LogP contribution in [0.25, 0.3) is 0 Å². The van der Waals surface area contributed by atoms with E-state index in [9.17, 15) is 0 Å². The summed E-state index contributed by atoms with van der Waals surface area (Å²) >= 11 is 0. The van der Waals surface area contributed by atoms with Crippen LogP contribution in [0.2, 0.25) is 0 Å². The zero-order valence-corrected chi connectivity index (χ0v) is 12.6. The van der Waals surface area contributed by atoms with Gasteiger partial charge in [0.25, 0.3) is 0 Å². The van der Waals surface area contributed by atoms with Gasteiger partial charge >= 0.3 is 0 Å². The highest BCUT2D eigenvalue weighted by Crippen LogP contribution is 2.33. The molecule has 1 aliphatic carbocycles. The fourth-order valence-electron chi connectivity index (χ4n) is 2.94. The van der Waals surface area contributed by atoms with Crippen molar-refractivity contribution in [2.75, 3.05) is 18.5 Å².